The first-order valence-corrected chi connectivity index (χ1v) is 5.40. The van der Waals surface area contributed by atoms with Gasteiger partial charge in [0.15, 0.2) is 0 Å². The normalized spacial score (nSPS) is 11.0. The zero-order chi connectivity index (χ0) is 12.7. The van der Waals surface area contributed by atoms with Crippen LogP contribution in [0, 0.1) is 12.7 Å². The zero-order valence-corrected chi connectivity index (χ0v) is 9.53. The lowest BCUT2D eigenvalue weighted by Gasteiger charge is -2.01. The molecule has 0 saturated heterocycles. The van der Waals surface area contributed by atoms with Crippen LogP contribution < -0.4 is 5.43 Å². The molecule has 5 heteroatoms. The van der Waals surface area contributed by atoms with E-state index in [9.17, 15) is 9.18 Å². The first kappa shape index (κ1) is 10.7. The van der Waals surface area contributed by atoms with Crippen LogP contribution in [0.3, 0.4) is 0 Å². The summed E-state index contributed by atoms with van der Waals surface area (Å²) in [6.07, 6.45) is 0. The van der Waals surface area contributed by atoms with Crippen LogP contribution in [0.4, 0.5) is 4.39 Å². The van der Waals surface area contributed by atoms with Crippen LogP contribution in [-0.4, -0.2) is 10.1 Å². The van der Waals surface area contributed by atoms with Crippen molar-refractivity contribution >= 4 is 11.1 Å². The van der Waals surface area contributed by atoms with E-state index in [0.29, 0.717) is 16.9 Å². The van der Waals surface area contributed by atoms with E-state index in [2.05, 4.69) is 10.1 Å². The second-order valence-corrected chi connectivity index (χ2v) is 4.03. The van der Waals surface area contributed by atoms with E-state index >= 15 is 0 Å². The molecule has 0 amide bonds. The number of pyridine rings is 1. The number of aromatic amines is 1. The third-order valence-electron chi connectivity index (χ3n) is 2.78. The van der Waals surface area contributed by atoms with Crippen molar-refractivity contribution in [3.8, 4) is 11.3 Å². The van der Waals surface area contributed by atoms with Crippen molar-refractivity contribution in [2.24, 2.45) is 0 Å². The number of aryl methyl sites for hydroxylation is 1. The number of H-pyrrole nitrogens is 1. The molecule has 90 valence electrons. The molecule has 0 spiro atoms. The van der Waals surface area contributed by atoms with E-state index in [0.717, 1.165) is 5.56 Å². The highest BCUT2D eigenvalue weighted by molar-refractivity contribution is 5.78. The molecule has 2 heterocycles. The molecular formula is C13H9FN2O2. The van der Waals surface area contributed by atoms with E-state index in [1.807, 2.05) is 0 Å². The van der Waals surface area contributed by atoms with E-state index in [1.165, 1.54) is 18.2 Å². The first-order valence-electron chi connectivity index (χ1n) is 5.40. The highest BCUT2D eigenvalue weighted by Gasteiger charge is 2.10. The van der Waals surface area contributed by atoms with Crippen LogP contribution in [0.5, 0.6) is 0 Å². The highest BCUT2D eigenvalue weighted by atomic mass is 19.1. The van der Waals surface area contributed by atoms with E-state index in [4.69, 9.17) is 4.52 Å². The molecule has 0 radical (unpaired) electrons. The number of nitrogens with zero attached hydrogens (tertiary/aromatic N) is 1. The van der Waals surface area contributed by atoms with Crippen molar-refractivity contribution in [3.63, 3.8) is 0 Å². The van der Waals surface area contributed by atoms with Gasteiger partial charge in [0.25, 0.3) is 0 Å². The van der Waals surface area contributed by atoms with Gasteiger partial charge in [0, 0.05) is 11.8 Å². The average molecular weight is 244 g/mol. The number of halogens is 1. The Bertz CT molecular complexity index is 772. The summed E-state index contributed by atoms with van der Waals surface area (Å²) in [5.41, 5.74) is 2.49. The number of hydrogen-bond donors (Lipinski definition) is 1. The van der Waals surface area contributed by atoms with Gasteiger partial charge < -0.3 is 9.51 Å². The third kappa shape index (κ3) is 1.60. The van der Waals surface area contributed by atoms with Crippen molar-refractivity contribution < 1.29 is 8.91 Å². The summed E-state index contributed by atoms with van der Waals surface area (Å²) in [7, 11) is 0. The van der Waals surface area contributed by atoms with Crippen molar-refractivity contribution in [2.75, 3.05) is 0 Å². The second kappa shape index (κ2) is 3.80. The highest BCUT2D eigenvalue weighted by Crippen LogP contribution is 2.20. The SMILES string of the molecule is Cc1noc2c(=O)cc(-c3ccc(F)cc3)[nH]c12. The fourth-order valence-corrected chi connectivity index (χ4v) is 1.84. The number of nitrogens with one attached hydrogen (secondary N) is 1. The van der Waals surface area contributed by atoms with E-state index in [1.54, 1.807) is 19.1 Å². The molecule has 3 rings (SSSR count). The van der Waals surface area contributed by atoms with Gasteiger partial charge in [0.1, 0.15) is 17.0 Å². The predicted molar refractivity (Wildman–Crippen MR) is 64.8 cm³/mol. The van der Waals surface area contributed by atoms with Crippen LogP contribution >= 0.6 is 0 Å². The minimum atomic E-state index is -0.316. The smallest absolute Gasteiger partial charge is 0.230 e. The molecule has 0 bridgehead atoms. The van der Waals surface area contributed by atoms with Crippen LogP contribution in [0.1, 0.15) is 5.69 Å². The maximum atomic E-state index is 12.9. The van der Waals surface area contributed by atoms with E-state index < -0.39 is 0 Å². The number of hydrogen-bond acceptors (Lipinski definition) is 3. The largest absolute Gasteiger partial charge is 0.350 e. The first-order chi connectivity index (χ1) is 8.65. The Morgan fingerprint density at radius 1 is 1.28 bits per heavy atom. The maximum Gasteiger partial charge on any atom is 0.230 e. The number of benzene rings is 1. The Labute approximate surface area is 101 Å². The Balaban J connectivity index is 2.26. The van der Waals surface area contributed by atoms with Gasteiger partial charge in [-0.25, -0.2) is 4.39 Å². The zero-order valence-electron chi connectivity index (χ0n) is 9.53. The van der Waals surface area contributed by atoms with Gasteiger partial charge in [-0.2, -0.15) is 0 Å². The Hall–Kier alpha value is -2.43. The molecule has 0 aliphatic carbocycles. The van der Waals surface area contributed by atoms with Crippen LogP contribution in [0.15, 0.2) is 39.6 Å². The topological polar surface area (TPSA) is 58.9 Å². The summed E-state index contributed by atoms with van der Waals surface area (Å²) < 4.78 is 17.8. The fraction of sp³-hybridized carbons (Fsp3) is 0.0769. The molecule has 0 atom stereocenters. The molecule has 0 saturated carbocycles. The third-order valence-corrected chi connectivity index (χ3v) is 2.78. The quantitative estimate of drug-likeness (QED) is 0.715. The molecule has 4 nitrogen and oxygen atoms in total. The Morgan fingerprint density at radius 2 is 2.00 bits per heavy atom. The summed E-state index contributed by atoms with van der Waals surface area (Å²) >= 11 is 0. The number of fused-ring (bicyclic) bond motifs is 1. The minimum absolute atomic E-state index is 0.207. The minimum Gasteiger partial charge on any atom is -0.350 e. The number of aromatic nitrogens is 2. The van der Waals surface area contributed by atoms with Crippen molar-refractivity contribution in [2.45, 2.75) is 6.92 Å². The Kier molecular flexibility index (Phi) is 2.26. The molecule has 3 aromatic rings. The monoisotopic (exact) mass is 244 g/mol. The second-order valence-electron chi connectivity index (χ2n) is 4.03. The predicted octanol–water partition coefficient (Wildman–Crippen LogP) is 2.63. The number of rotatable bonds is 1. The van der Waals surface area contributed by atoms with Crippen molar-refractivity contribution in [1.82, 2.24) is 10.1 Å². The Morgan fingerprint density at radius 3 is 2.72 bits per heavy atom. The van der Waals surface area contributed by atoms with Gasteiger partial charge in [-0.1, -0.05) is 5.16 Å². The van der Waals surface area contributed by atoms with Gasteiger partial charge >= 0.3 is 0 Å². The van der Waals surface area contributed by atoms with Gasteiger partial charge in [-0.3, -0.25) is 4.79 Å². The molecule has 0 unspecified atom stereocenters. The van der Waals surface area contributed by atoms with Crippen LogP contribution in [0.2, 0.25) is 0 Å². The maximum absolute atomic E-state index is 12.9. The molecule has 2 aromatic heterocycles. The van der Waals surface area contributed by atoms with Gasteiger partial charge in [0.05, 0.1) is 0 Å². The van der Waals surface area contributed by atoms with Gasteiger partial charge in [-0.15, -0.1) is 0 Å². The van der Waals surface area contributed by atoms with Crippen molar-refractivity contribution in [3.05, 3.63) is 52.1 Å². The van der Waals surface area contributed by atoms with E-state index in [-0.39, 0.29) is 16.8 Å². The van der Waals surface area contributed by atoms with Gasteiger partial charge in [0.2, 0.25) is 11.0 Å². The summed E-state index contributed by atoms with van der Waals surface area (Å²) in [6.45, 7) is 1.75. The molecule has 1 N–H and O–H groups in total. The molecule has 1 aromatic carbocycles. The van der Waals surface area contributed by atoms with Crippen LogP contribution in [-0.2, 0) is 0 Å². The molecule has 0 aliphatic rings. The molecule has 0 aliphatic heterocycles. The standard InChI is InChI=1S/C13H9FN2O2/c1-7-12-13(18-16-7)11(17)6-10(15-12)8-2-4-9(14)5-3-8/h2-6H,1H3,(H,15,17). The fourth-order valence-electron chi connectivity index (χ4n) is 1.84. The van der Waals surface area contributed by atoms with Gasteiger partial charge in [-0.05, 0) is 36.8 Å². The lowest BCUT2D eigenvalue weighted by Crippen LogP contribution is -2.01. The summed E-state index contributed by atoms with van der Waals surface area (Å²) in [4.78, 5) is 14.9. The molecule has 18 heavy (non-hydrogen) atoms. The molecule has 0 fully saturated rings. The lowest BCUT2D eigenvalue weighted by molar-refractivity contribution is 0.448. The average Bonchev–Trinajstić information content (AvgIpc) is 2.73. The lowest BCUT2D eigenvalue weighted by atomic mass is 10.1. The van der Waals surface area contributed by atoms with Crippen molar-refractivity contribution in [1.29, 1.82) is 0 Å². The molecular weight excluding hydrogens is 235 g/mol. The summed E-state index contributed by atoms with van der Waals surface area (Å²) in [6, 6.07) is 7.32. The van der Waals surface area contributed by atoms with Crippen LogP contribution in [0.25, 0.3) is 22.4 Å². The summed E-state index contributed by atoms with van der Waals surface area (Å²) in [5, 5.41) is 3.74. The summed E-state index contributed by atoms with van der Waals surface area (Å²) in [5.74, 6) is -0.316.